The SMILES string of the molecule is CNS(=O)(=O)CCNC(=O)[C@@H](N)CC(C)C. The van der Waals surface area contributed by atoms with E-state index in [4.69, 9.17) is 5.73 Å². The first-order valence-electron chi connectivity index (χ1n) is 5.23. The summed E-state index contributed by atoms with van der Waals surface area (Å²) in [5.74, 6) is -0.106. The number of carbonyl (C=O) groups excluding carboxylic acids is 1. The van der Waals surface area contributed by atoms with Gasteiger partial charge >= 0.3 is 0 Å². The molecular formula is C9H21N3O3S. The lowest BCUT2D eigenvalue weighted by molar-refractivity contribution is -0.122. The van der Waals surface area contributed by atoms with E-state index in [1.165, 1.54) is 7.05 Å². The lowest BCUT2D eigenvalue weighted by Gasteiger charge is -2.13. The van der Waals surface area contributed by atoms with Crippen LogP contribution in [0.5, 0.6) is 0 Å². The number of hydrogen-bond donors (Lipinski definition) is 3. The highest BCUT2D eigenvalue weighted by molar-refractivity contribution is 7.89. The van der Waals surface area contributed by atoms with Gasteiger partial charge in [0.05, 0.1) is 11.8 Å². The molecule has 0 fully saturated rings. The Hall–Kier alpha value is -0.660. The van der Waals surface area contributed by atoms with Crippen molar-refractivity contribution in [3.8, 4) is 0 Å². The van der Waals surface area contributed by atoms with E-state index >= 15 is 0 Å². The highest BCUT2D eigenvalue weighted by atomic mass is 32.2. The largest absolute Gasteiger partial charge is 0.354 e. The fourth-order valence-electron chi connectivity index (χ4n) is 1.16. The summed E-state index contributed by atoms with van der Waals surface area (Å²) in [5, 5.41) is 2.50. The Morgan fingerprint density at radius 2 is 1.94 bits per heavy atom. The number of hydrogen-bond acceptors (Lipinski definition) is 4. The summed E-state index contributed by atoms with van der Waals surface area (Å²) in [6, 6.07) is -0.572. The van der Waals surface area contributed by atoms with Gasteiger partial charge < -0.3 is 11.1 Å². The van der Waals surface area contributed by atoms with Crippen LogP contribution in [0, 0.1) is 5.92 Å². The van der Waals surface area contributed by atoms with Gasteiger partial charge in [0.25, 0.3) is 0 Å². The van der Waals surface area contributed by atoms with E-state index in [0.29, 0.717) is 12.3 Å². The van der Waals surface area contributed by atoms with Crippen LogP contribution in [0.15, 0.2) is 0 Å². The first kappa shape index (κ1) is 15.3. The molecule has 0 bridgehead atoms. The van der Waals surface area contributed by atoms with Crippen LogP contribution < -0.4 is 15.8 Å². The Balaban J connectivity index is 3.90. The summed E-state index contributed by atoms with van der Waals surface area (Å²) in [5.41, 5.74) is 5.62. The van der Waals surface area contributed by atoms with Gasteiger partial charge in [-0.15, -0.1) is 0 Å². The Bertz CT molecular complexity index is 314. The summed E-state index contributed by atoms with van der Waals surface area (Å²) in [6.45, 7) is 4.02. The second kappa shape index (κ2) is 6.82. The van der Waals surface area contributed by atoms with Gasteiger partial charge in [0.15, 0.2) is 0 Å². The van der Waals surface area contributed by atoms with E-state index < -0.39 is 16.1 Å². The normalized spacial score (nSPS) is 13.8. The van der Waals surface area contributed by atoms with Crippen molar-refractivity contribution in [2.24, 2.45) is 11.7 Å². The van der Waals surface area contributed by atoms with Crippen molar-refractivity contribution in [1.29, 1.82) is 0 Å². The molecule has 0 aliphatic heterocycles. The lowest BCUT2D eigenvalue weighted by atomic mass is 10.0. The molecule has 0 aromatic rings. The number of carbonyl (C=O) groups is 1. The van der Waals surface area contributed by atoms with Crippen molar-refractivity contribution >= 4 is 15.9 Å². The number of nitrogens with one attached hydrogen (secondary N) is 2. The highest BCUT2D eigenvalue weighted by Gasteiger charge is 2.15. The minimum atomic E-state index is -3.27. The Kier molecular flexibility index (Phi) is 6.54. The average molecular weight is 251 g/mol. The molecule has 0 aromatic heterocycles. The first-order chi connectivity index (χ1) is 7.28. The molecule has 0 aliphatic rings. The fraction of sp³-hybridized carbons (Fsp3) is 0.889. The molecule has 1 atom stereocenters. The minimum Gasteiger partial charge on any atom is -0.354 e. The van der Waals surface area contributed by atoms with Crippen LogP contribution >= 0.6 is 0 Å². The summed E-state index contributed by atoms with van der Waals surface area (Å²) >= 11 is 0. The van der Waals surface area contributed by atoms with E-state index in [-0.39, 0.29) is 18.2 Å². The van der Waals surface area contributed by atoms with Gasteiger partial charge in [-0.1, -0.05) is 13.8 Å². The van der Waals surface area contributed by atoms with E-state index in [9.17, 15) is 13.2 Å². The molecular weight excluding hydrogens is 230 g/mol. The molecule has 0 aromatic carbocycles. The molecule has 0 unspecified atom stereocenters. The van der Waals surface area contributed by atoms with Crippen molar-refractivity contribution in [3.05, 3.63) is 0 Å². The molecule has 0 rings (SSSR count). The molecule has 0 aliphatic carbocycles. The van der Waals surface area contributed by atoms with E-state index in [2.05, 4.69) is 10.0 Å². The second-order valence-electron chi connectivity index (χ2n) is 4.05. The van der Waals surface area contributed by atoms with E-state index in [0.717, 1.165) is 0 Å². The molecule has 0 spiro atoms. The van der Waals surface area contributed by atoms with E-state index in [1.807, 2.05) is 13.8 Å². The zero-order chi connectivity index (χ0) is 12.8. The predicted molar refractivity (Wildman–Crippen MR) is 63.3 cm³/mol. The molecule has 0 saturated carbocycles. The van der Waals surface area contributed by atoms with Crippen molar-refractivity contribution in [2.45, 2.75) is 26.3 Å². The van der Waals surface area contributed by atoms with Crippen LogP contribution in [0.2, 0.25) is 0 Å². The Labute approximate surface area is 97.0 Å². The zero-order valence-corrected chi connectivity index (χ0v) is 10.8. The van der Waals surface area contributed by atoms with Crippen LogP contribution in [0.1, 0.15) is 20.3 Å². The lowest BCUT2D eigenvalue weighted by Crippen LogP contribution is -2.43. The first-order valence-corrected chi connectivity index (χ1v) is 6.88. The molecule has 1 amide bonds. The van der Waals surface area contributed by atoms with Crippen LogP contribution in [0.3, 0.4) is 0 Å². The standard InChI is InChI=1S/C9H21N3O3S/c1-7(2)6-8(10)9(13)12-4-5-16(14,15)11-3/h7-8,11H,4-6,10H2,1-3H3,(H,12,13)/t8-/m0/s1. The van der Waals surface area contributed by atoms with Crippen LogP contribution in [-0.2, 0) is 14.8 Å². The maximum Gasteiger partial charge on any atom is 0.236 e. The van der Waals surface area contributed by atoms with Gasteiger partial charge in [-0.05, 0) is 19.4 Å². The third-order valence-corrected chi connectivity index (χ3v) is 3.41. The van der Waals surface area contributed by atoms with Gasteiger partial charge in [-0.2, -0.15) is 0 Å². The van der Waals surface area contributed by atoms with Gasteiger partial charge in [0.2, 0.25) is 15.9 Å². The predicted octanol–water partition coefficient (Wildman–Crippen LogP) is -0.975. The Morgan fingerprint density at radius 3 is 2.38 bits per heavy atom. The number of sulfonamides is 1. The van der Waals surface area contributed by atoms with E-state index in [1.54, 1.807) is 0 Å². The number of amides is 1. The molecule has 7 heteroatoms. The fourth-order valence-corrected chi connectivity index (χ4v) is 1.73. The van der Waals surface area contributed by atoms with Crippen molar-refractivity contribution in [1.82, 2.24) is 10.0 Å². The summed E-state index contributed by atoms with van der Waals surface area (Å²) < 4.78 is 24.2. The number of rotatable bonds is 7. The zero-order valence-electron chi connectivity index (χ0n) is 9.99. The van der Waals surface area contributed by atoms with Crippen LogP contribution in [0.25, 0.3) is 0 Å². The average Bonchev–Trinajstić information content (AvgIpc) is 2.16. The molecule has 0 saturated heterocycles. The van der Waals surface area contributed by atoms with Gasteiger partial charge in [-0.25, -0.2) is 13.1 Å². The third kappa shape index (κ3) is 6.76. The van der Waals surface area contributed by atoms with Crippen molar-refractivity contribution in [3.63, 3.8) is 0 Å². The topological polar surface area (TPSA) is 101 Å². The van der Waals surface area contributed by atoms with Gasteiger partial charge in [-0.3, -0.25) is 4.79 Å². The molecule has 16 heavy (non-hydrogen) atoms. The molecule has 6 nitrogen and oxygen atoms in total. The molecule has 0 radical (unpaired) electrons. The maximum atomic E-state index is 11.4. The minimum absolute atomic E-state index is 0.0772. The summed E-state index contributed by atoms with van der Waals surface area (Å²) in [7, 11) is -1.93. The summed E-state index contributed by atoms with van der Waals surface area (Å²) in [4.78, 5) is 11.4. The van der Waals surface area contributed by atoms with Crippen LogP contribution in [0.4, 0.5) is 0 Å². The smallest absolute Gasteiger partial charge is 0.236 e. The van der Waals surface area contributed by atoms with Crippen molar-refractivity contribution < 1.29 is 13.2 Å². The molecule has 4 N–H and O–H groups in total. The second-order valence-corrected chi connectivity index (χ2v) is 6.10. The van der Waals surface area contributed by atoms with Crippen LogP contribution in [-0.4, -0.2) is 39.7 Å². The van der Waals surface area contributed by atoms with Gasteiger partial charge in [0, 0.05) is 6.54 Å². The Morgan fingerprint density at radius 1 is 1.38 bits per heavy atom. The van der Waals surface area contributed by atoms with Crippen molar-refractivity contribution in [2.75, 3.05) is 19.3 Å². The van der Waals surface area contributed by atoms with Gasteiger partial charge in [0.1, 0.15) is 0 Å². The molecule has 0 heterocycles. The number of nitrogens with two attached hydrogens (primary N) is 1. The summed E-state index contributed by atoms with van der Waals surface area (Å²) in [6.07, 6.45) is 0.588. The quantitative estimate of drug-likeness (QED) is 0.541. The third-order valence-electron chi connectivity index (χ3n) is 2.04. The monoisotopic (exact) mass is 251 g/mol. The molecule has 96 valence electrons. The maximum absolute atomic E-state index is 11.4. The highest BCUT2D eigenvalue weighted by Crippen LogP contribution is 2.02.